The molecule has 0 saturated heterocycles. The van der Waals surface area contributed by atoms with Gasteiger partial charge in [0.15, 0.2) is 0 Å². The average Bonchev–Trinajstić information content (AvgIpc) is 1.89. The number of hydrogen-bond donors (Lipinski definition) is 0. The monoisotopic (exact) mass is 182 g/mol. The molecule has 0 aliphatic rings. The molecule has 0 saturated carbocycles. The Morgan fingerprint density at radius 1 is 1.50 bits per heavy atom. The van der Waals surface area contributed by atoms with Crippen LogP contribution in [0.4, 0.5) is 0 Å². The van der Waals surface area contributed by atoms with Gasteiger partial charge >= 0.3 is 0 Å². The second kappa shape index (κ2) is 4.87. The Morgan fingerprint density at radius 3 is 2.50 bits per heavy atom. The van der Waals surface area contributed by atoms with Crippen molar-refractivity contribution in [2.75, 3.05) is 12.9 Å². The summed E-state index contributed by atoms with van der Waals surface area (Å²) < 4.78 is 25.6. The van der Waals surface area contributed by atoms with Crippen molar-refractivity contribution in [1.29, 1.82) is 0 Å². The zero-order valence-electron chi connectivity index (χ0n) is 6.46. The first-order chi connectivity index (χ1) is 4.62. The summed E-state index contributed by atoms with van der Waals surface area (Å²) in [6, 6.07) is 1.09. The highest BCUT2D eigenvalue weighted by atomic mass is 32.2. The van der Waals surface area contributed by atoms with E-state index >= 15 is 0 Å². The summed E-state index contributed by atoms with van der Waals surface area (Å²) in [5, 5.41) is 0. The minimum atomic E-state index is -3.17. The quantitative estimate of drug-likeness (QED) is 0.341. The third kappa shape index (κ3) is 4.96. The Hall–Kier alpha value is 0.127. The Kier molecular flexibility index (Phi) is 4.93. The van der Waals surface area contributed by atoms with E-state index in [9.17, 15) is 8.42 Å². The molecular weight excluding hydrogens is 168 g/mol. The van der Waals surface area contributed by atoms with E-state index in [1.54, 1.807) is 0 Å². The lowest BCUT2D eigenvalue weighted by Crippen LogP contribution is -2.07. The van der Waals surface area contributed by atoms with E-state index in [2.05, 4.69) is 10.7 Å². The topological polar surface area (TPSA) is 43.4 Å². The van der Waals surface area contributed by atoms with Crippen molar-refractivity contribution in [2.45, 2.75) is 19.0 Å². The van der Waals surface area contributed by atoms with E-state index in [1.807, 2.05) is 0 Å². The number of rotatable bonds is 5. The van der Waals surface area contributed by atoms with Crippen LogP contribution >= 0.6 is 0 Å². The summed E-state index contributed by atoms with van der Waals surface area (Å²) in [5.74, 6) is 0.185. The summed E-state index contributed by atoms with van der Waals surface area (Å²) in [4.78, 5) is 0. The minimum Gasteiger partial charge on any atom is -0.273 e. The smallest absolute Gasteiger partial charge is 0.267 e. The van der Waals surface area contributed by atoms with E-state index in [0.717, 1.165) is 12.5 Å². The van der Waals surface area contributed by atoms with Crippen LogP contribution in [0, 0.1) is 0 Å². The third-order valence-corrected chi connectivity index (χ3v) is 3.76. The molecule has 0 heterocycles. The molecule has 0 unspecified atom stereocenters. The molecule has 5 heteroatoms. The average molecular weight is 182 g/mol. The number of hydrogen-bond acceptors (Lipinski definition) is 3. The lowest BCUT2D eigenvalue weighted by Gasteiger charge is -1.98. The fraction of sp³-hybridized carbons (Fsp3) is 1.00. The van der Waals surface area contributed by atoms with Crippen molar-refractivity contribution < 1.29 is 12.6 Å². The Balaban J connectivity index is 3.49. The lowest BCUT2D eigenvalue weighted by molar-refractivity contribution is 0.397. The van der Waals surface area contributed by atoms with Gasteiger partial charge in [-0.2, -0.15) is 8.42 Å². The molecule has 0 amide bonds. The molecule has 0 atom stereocenters. The third-order valence-electron chi connectivity index (χ3n) is 1.25. The molecule has 0 aliphatic heterocycles. The second-order valence-corrected chi connectivity index (χ2v) is 5.70. The van der Waals surface area contributed by atoms with Gasteiger partial charge in [-0.05, 0) is 6.42 Å². The molecule has 0 rings (SSSR count). The molecule has 0 aromatic rings. The standard InChI is InChI=1S/C5H14O3SSi/c1-8-9(6,7)4-3-5-10-2/h3-5,10H2,1-2H3. The van der Waals surface area contributed by atoms with Crippen LogP contribution in [0.1, 0.15) is 6.42 Å². The van der Waals surface area contributed by atoms with Gasteiger partial charge in [0.05, 0.1) is 12.9 Å². The van der Waals surface area contributed by atoms with Crippen LogP contribution in [0.2, 0.25) is 12.6 Å². The normalized spacial score (nSPS) is 13.0. The van der Waals surface area contributed by atoms with Gasteiger partial charge in [0.1, 0.15) is 0 Å². The van der Waals surface area contributed by atoms with Crippen LogP contribution in [0.3, 0.4) is 0 Å². The molecule has 62 valence electrons. The Labute approximate surface area is 64.7 Å². The van der Waals surface area contributed by atoms with Crippen molar-refractivity contribution in [3.05, 3.63) is 0 Å². The minimum absolute atomic E-state index is 0.0174. The molecule has 0 spiro atoms. The maximum absolute atomic E-state index is 10.7. The van der Waals surface area contributed by atoms with E-state index in [4.69, 9.17) is 0 Å². The highest BCUT2D eigenvalue weighted by molar-refractivity contribution is 7.86. The van der Waals surface area contributed by atoms with Gasteiger partial charge in [0.2, 0.25) is 0 Å². The molecule has 3 nitrogen and oxygen atoms in total. The van der Waals surface area contributed by atoms with Crippen LogP contribution in [0.25, 0.3) is 0 Å². The zero-order valence-corrected chi connectivity index (χ0v) is 8.69. The predicted molar refractivity (Wildman–Crippen MR) is 44.6 cm³/mol. The molecule has 0 aromatic heterocycles. The van der Waals surface area contributed by atoms with Crippen LogP contribution in [0.15, 0.2) is 0 Å². The summed E-state index contributed by atoms with van der Waals surface area (Å²) in [7, 11) is -1.95. The molecule has 0 aromatic carbocycles. The summed E-state index contributed by atoms with van der Waals surface area (Å²) in [6.45, 7) is 2.17. The van der Waals surface area contributed by atoms with Crippen molar-refractivity contribution in [2.24, 2.45) is 0 Å². The maximum atomic E-state index is 10.7. The molecule has 0 fully saturated rings. The van der Waals surface area contributed by atoms with Crippen molar-refractivity contribution in [3.63, 3.8) is 0 Å². The summed E-state index contributed by atoms with van der Waals surface area (Å²) in [5.41, 5.74) is 0. The fourth-order valence-electron chi connectivity index (χ4n) is 0.612. The van der Waals surface area contributed by atoms with Crippen LogP contribution in [-0.4, -0.2) is 30.8 Å². The van der Waals surface area contributed by atoms with E-state index in [1.165, 1.54) is 7.11 Å². The lowest BCUT2D eigenvalue weighted by atomic mass is 10.6. The Bertz CT molecular complexity index is 164. The van der Waals surface area contributed by atoms with Gasteiger partial charge < -0.3 is 0 Å². The molecule has 0 bridgehead atoms. The van der Waals surface area contributed by atoms with Gasteiger partial charge in [-0.3, -0.25) is 4.18 Å². The molecule has 10 heavy (non-hydrogen) atoms. The van der Waals surface area contributed by atoms with E-state index < -0.39 is 10.1 Å². The van der Waals surface area contributed by atoms with Crippen molar-refractivity contribution >= 4 is 19.6 Å². The molecular formula is C5H14O3SSi. The van der Waals surface area contributed by atoms with E-state index in [-0.39, 0.29) is 15.3 Å². The van der Waals surface area contributed by atoms with Gasteiger partial charge in [0.25, 0.3) is 10.1 Å². The first-order valence-electron chi connectivity index (χ1n) is 3.40. The zero-order chi connectivity index (χ0) is 8.04. The molecule has 0 N–H and O–H groups in total. The first-order valence-corrected chi connectivity index (χ1v) is 7.40. The highest BCUT2D eigenvalue weighted by Gasteiger charge is 2.05. The van der Waals surface area contributed by atoms with Crippen molar-refractivity contribution in [1.82, 2.24) is 0 Å². The van der Waals surface area contributed by atoms with Crippen LogP contribution < -0.4 is 0 Å². The van der Waals surface area contributed by atoms with E-state index in [0.29, 0.717) is 0 Å². The summed E-state index contributed by atoms with van der Waals surface area (Å²) in [6.07, 6.45) is 0.763. The van der Waals surface area contributed by atoms with Gasteiger partial charge in [0, 0.05) is 9.52 Å². The summed E-state index contributed by atoms with van der Waals surface area (Å²) >= 11 is 0. The first kappa shape index (κ1) is 10.1. The van der Waals surface area contributed by atoms with Crippen LogP contribution in [0.5, 0.6) is 0 Å². The second-order valence-electron chi connectivity index (χ2n) is 2.14. The van der Waals surface area contributed by atoms with Gasteiger partial charge in [-0.25, -0.2) is 0 Å². The molecule has 0 aliphatic carbocycles. The maximum Gasteiger partial charge on any atom is 0.267 e. The molecule has 0 radical (unpaired) electrons. The van der Waals surface area contributed by atoms with Gasteiger partial charge in [-0.15, -0.1) is 0 Å². The van der Waals surface area contributed by atoms with Gasteiger partial charge in [-0.1, -0.05) is 12.6 Å². The SMILES string of the molecule is COS(=O)(=O)CCC[SiH2]C. The highest BCUT2D eigenvalue weighted by Crippen LogP contribution is 1.96. The van der Waals surface area contributed by atoms with Crippen LogP contribution in [-0.2, 0) is 14.3 Å². The Morgan fingerprint density at radius 2 is 2.10 bits per heavy atom. The largest absolute Gasteiger partial charge is 0.273 e. The predicted octanol–water partition coefficient (Wildman–Crippen LogP) is -0.0121. The fourth-order valence-corrected chi connectivity index (χ4v) is 2.45. The van der Waals surface area contributed by atoms with Crippen molar-refractivity contribution in [3.8, 4) is 0 Å².